The Morgan fingerprint density at radius 2 is 2.00 bits per heavy atom. The minimum atomic E-state index is 0.194. The van der Waals surface area contributed by atoms with Crippen molar-refractivity contribution < 1.29 is 4.74 Å². The average molecular weight is 174 g/mol. The minimum Gasteiger partial charge on any atom is -0.491 e. The molecule has 1 aliphatic heterocycles. The van der Waals surface area contributed by atoms with Crippen LogP contribution in [0.1, 0.15) is 36.6 Å². The van der Waals surface area contributed by atoms with Crippen molar-refractivity contribution in [3.8, 4) is 0 Å². The van der Waals surface area contributed by atoms with Gasteiger partial charge in [-0.15, -0.1) is 0 Å². The van der Waals surface area contributed by atoms with Crippen LogP contribution in [-0.2, 0) is 4.74 Å². The SMILES string of the molecule is CC1=Cc2ccc(C)cc2C(C)O1. The summed E-state index contributed by atoms with van der Waals surface area (Å²) in [5.74, 6) is 1.00. The van der Waals surface area contributed by atoms with Crippen molar-refractivity contribution in [2.45, 2.75) is 26.9 Å². The van der Waals surface area contributed by atoms with Gasteiger partial charge in [0.1, 0.15) is 6.10 Å². The molecule has 0 amide bonds. The fourth-order valence-corrected chi connectivity index (χ4v) is 1.77. The van der Waals surface area contributed by atoms with E-state index in [1.54, 1.807) is 0 Å². The second kappa shape index (κ2) is 2.91. The highest BCUT2D eigenvalue weighted by molar-refractivity contribution is 5.58. The van der Waals surface area contributed by atoms with Crippen LogP contribution in [0.25, 0.3) is 6.08 Å². The number of hydrogen-bond acceptors (Lipinski definition) is 1. The zero-order valence-corrected chi connectivity index (χ0v) is 8.29. The number of rotatable bonds is 0. The first-order valence-corrected chi connectivity index (χ1v) is 4.62. The molecule has 1 unspecified atom stereocenters. The van der Waals surface area contributed by atoms with Gasteiger partial charge in [0.2, 0.25) is 0 Å². The second-order valence-corrected chi connectivity index (χ2v) is 3.65. The van der Waals surface area contributed by atoms with Crippen LogP contribution in [0.5, 0.6) is 0 Å². The molecule has 1 nitrogen and oxygen atoms in total. The maximum Gasteiger partial charge on any atom is 0.121 e. The van der Waals surface area contributed by atoms with Gasteiger partial charge >= 0.3 is 0 Å². The Bertz CT molecular complexity index is 363. The van der Waals surface area contributed by atoms with Gasteiger partial charge in [-0.1, -0.05) is 23.8 Å². The highest BCUT2D eigenvalue weighted by Crippen LogP contribution is 2.30. The predicted molar refractivity (Wildman–Crippen MR) is 54.3 cm³/mol. The molecule has 0 saturated heterocycles. The van der Waals surface area contributed by atoms with E-state index in [1.165, 1.54) is 16.7 Å². The zero-order chi connectivity index (χ0) is 9.42. The lowest BCUT2D eigenvalue weighted by atomic mass is 9.98. The Hall–Kier alpha value is -1.24. The molecule has 0 aliphatic carbocycles. The summed E-state index contributed by atoms with van der Waals surface area (Å²) >= 11 is 0. The van der Waals surface area contributed by atoms with E-state index in [0.29, 0.717) is 0 Å². The highest BCUT2D eigenvalue weighted by atomic mass is 16.5. The molecule has 1 heterocycles. The molecule has 2 rings (SSSR count). The van der Waals surface area contributed by atoms with Crippen molar-refractivity contribution in [2.24, 2.45) is 0 Å². The smallest absolute Gasteiger partial charge is 0.121 e. The number of fused-ring (bicyclic) bond motifs is 1. The van der Waals surface area contributed by atoms with Crippen LogP contribution in [-0.4, -0.2) is 0 Å². The molecule has 0 fully saturated rings. The Balaban J connectivity index is 2.56. The quantitative estimate of drug-likeness (QED) is 0.585. The molecule has 13 heavy (non-hydrogen) atoms. The van der Waals surface area contributed by atoms with Crippen LogP contribution in [0.15, 0.2) is 24.0 Å². The summed E-state index contributed by atoms with van der Waals surface area (Å²) in [5, 5.41) is 0. The molecule has 1 atom stereocenters. The lowest BCUT2D eigenvalue weighted by Gasteiger charge is -2.23. The van der Waals surface area contributed by atoms with Crippen LogP contribution in [0.3, 0.4) is 0 Å². The molecular weight excluding hydrogens is 160 g/mol. The molecule has 0 spiro atoms. The highest BCUT2D eigenvalue weighted by Gasteiger charge is 2.15. The summed E-state index contributed by atoms with van der Waals surface area (Å²) in [5.41, 5.74) is 3.88. The van der Waals surface area contributed by atoms with E-state index >= 15 is 0 Å². The Morgan fingerprint density at radius 1 is 1.23 bits per heavy atom. The first-order chi connectivity index (χ1) is 6.16. The van der Waals surface area contributed by atoms with Crippen molar-refractivity contribution in [3.05, 3.63) is 40.6 Å². The fraction of sp³-hybridized carbons (Fsp3) is 0.333. The van der Waals surface area contributed by atoms with Gasteiger partial charge in [0, 0.05) is 0 Å². The summed E-state index contributed by atoms with van der Waals surface area (Å²) in [4.78, 5) is 0. The van der Waals surface area contributed by atoms with Crippen molar-refractivity contribution in [3.63, 3.8) is 0 Å². The monoisotopic (exact) mass is 174 g/mol. The lowest BCUT2D eigenvalue weighted by Crippen LogP contribution is -2.06. The molecule has 1 aliphatic rings. The van der Waals surface area contributed by atoms with Crippen molar-refractivity contribution in [2.75, 3.05) is 0 Å². The first-order valence-electron chi connectivity index (χ1n) is 4.62. The van der Waals surface area contributed by atoms with Gasteiger partial charge in [-0.25, -0.2) is 0 Å². The molecule has 0 radical (unpaired) electrons. The largest absolute Gasteiger partial charge is 0.491 e. The van der Waals surface area contributed by atoms with Crippen molar-refractivity contribution >= 4 is 6.08 Å². The number of benzene rings is 1. The van der Waals surface area contributed by atoms with Gasteiger partial charge in [0.25, 0.3) is 0 Å². The maximum atomic E-state index is 5.63. The average Bonchev–Trinajstić information content (AvgIpc) is 2.06. The van der Waals surface area contributed by atoms with E-state index in [1.807, 2.05) is 6.92 Å². The van der Waals surface area contributed by atoms with E-state index < -0.39 is 0 Å². The molecule has 1 aromatic rings. The number of aryl methyl sites for hydroxylation is 1. The minimum absolute atomic E-state index is 0.194. The Morgan fingerprint density at radius 3 is 2.77 bits per heavy atom. The molecule has 0 aromatic heterocycles. The summed E-state index contributed by atoms with van der Waals surface area (Å²) in [6.45, 7) is 6.20. The zero-order valence-electron chi connectivity index (χ0n) is 8.29. The summed E-state index contributed by atoms with van der Waals surface area (Å²) in [6, 6.07) is 6.50. The van der Waals surface area contributed by atoms with Crippen molar-refractivity contribution in [1.82, 2.24) is 0 Å². The number of allylic oxidation sites excluding steroid dienone is 1. The van der Waals surface area contributed by atoms with E-state index in [4.69, 9.17) is 4.74 Å². The topological polar surface area (TPSA) is 9.23 Å². The molecule has 68 valence electrons. The Labute approximate surface area is 79.0 Å². The van der Waals surface area contributed by atoms with Crippen LogP contribution in [0, 0.1) is 6.92 Å². The van der Waals surface area contributed by atoms with Gasteiger partial charge in [0.15, 0.2) is 0 Å². The van der Waals surface area contributed by atoms with Gasteiger partial charge in [-0.2, -0.15) is 0 Å². The first kappa shape index (κ1) is 8.36. The van der Waals surface area contributed by atoms with Crippen LogP contribution < -0.4 is 0 Å². The van der Waals surface area contributed by atoms with E-state index in [2.05, 4.69) is 38.1 Å². The van der Waals surface area contributed by atoms with Gasteiger partial charge in [-0.3, -0.25) is 0 Å². The third kappa shape index (κ3) is 1.46. The summed E-state index contributed by atoms with van der Waals surface area (Å²) in [7, 11) is 0. The summed E-state index contributed by atoms with van der Waals surface area (Å²) < 4.78 is 5.63. The van der Waals surface area contributed by atoms with E-state index in [0.717, 1.165) is 5.76 Å². The molecule has 0 saturated carbocycles. The van der Waals surface area contributed by atoms with E-state index in [-0.39, 0.29) is 6.10 Å². The fourth-order valence-electron chi connectivity index (χ4n) is 1.77. The molecule has 1 aromatic carbocycles. The second-order valence-electron chi connectivity index (χ2n) is 3.65. The van der Waals surface area contributed by atoms with Crippen LogP contribution in [0.2, 0.25) is 0 Å². The maximum absolute atomic E-state index is 5.63. The molecular formula is C12H14O. The van der Waals surface area contributed by atoms with E-state index in [9.17, 15) is 0 Å². The van der Waals surface area contributed by atoms with Crippen molar-refractivity contribution in [1.29, 1.82) is 0 Å². The molecule has 0 bridgehead atoms. The normalized spacial score (nSPS) is 20.2. The summed E-state index contributed by atoms with van der Waals surface area (Å²) in [6.07, 6.45) is 2.29. The molecule has 0 N–H and O–H groups in total. The standard InChI is InChI=1S/C12H14O/c1-8-4-5-11-7-9(2)13-10(3)12(11)6-8/h4-7,10H,1-3H3. The van der Waals surface area contributed by atoms with Gasteiger partial charge in [-0.05, 0) is 38.0 Å². The van der Waals surface area contributed by atoms with Gasteiger partial charge in [0.05, 0.1) is 5.76 Å². The number of ether oxygens (including phenoxy) is 1. The predicted octanol–water partition coefficient (Wildman–Crippen LogP) is 3.45. The lowest BCUT2D eigenvalue weighted by molar-refractivity contribution is 0.133. The van der Waals surface area contributed by atoms with Crippen LogP contribution >= 0.6 is 0 Å². The third-order valence-corrected chi connectivity index (χ3v) is 2.40. The Kier molecular flexibility index (Phi) is 1.87. The molecule has 1 heteroatoms. The van der Waals surface area contributed by atoms with Crippen LogP contribution in [0.4, 0.5) is 0 Å². The third-order valence-electron chi connectivity index (χ3n) is 2.40. The van der Waals surface area contributed by atoms with Gasteiger partial charge < -0.3 is 4.74 Å². The number of hydrogen-bond donors (Lipinski definition) is 0.